The van der Waals surface area contributed by atoms with Gasteiger partial charge in [-0.2, -0.15) is 0 Å². The van der Waals surface area contributed by atoms with Crippen LogP contribution in [-0.4, -0.2) is 57.4 Å². The lowest BCUT2D eigenvalue weighted by Gasteiger charge is -2.15. The third kappa shape index (κ3) is 6.68. The van der Waals surface area contributed by atoms with E-state index in [1.807, 2.05) is 0 Å². The Labute approximate surface area is 110 Å². The van der Waals surface area contributed by atoms with Crippen molar-refractivity contribution in [2.24, 2.45) is 11.8 Å². The van der Waals surface area contributed by atoms with Crippen molar-refractivity contribution in [2.75, 3.05) is 37.8 Å². The number of ether oxygens (including phenoxy) is 1. The van der Waals surface area contributed by atoms with Gasteiger partial charge >= 0.3 is 0 Å². The highest BCUT2D eigenvalue weighted by molar-refractivity contribution is 7.91. The fourth-order valence-electron chi connectivity index (χ4n) is 1.99. The van der Waals surface area contributed by atoms with Crippen molar-refractivity contribution in [1.82, 2.24) is 5.32 Å². The van der Waals surface area contributed by atoms with E-state index in [1.165, 1.54) is 0 Å². The Morgan fingerprint density at radius 3 is 2.67 bits per heavy atom. The molecule has 2 N–H and O–H groups in total. The molecule has 5 nitrogen and oxygen atoms in total. The Morgan fingerprint density at radius 1 is 1.39 bits per heavy atom. The van der Waals surface area contributed by atoms with Crippen LogP contribution >= 0.6 is 0 Å². The molecule has 0 bridgehead atoms. The maximum absolute atomic E-state index is 11.2. The van der Waals surface area contributed by atoms with Crippen LogP contribution in [-0.2, 0) is 14.6 Å². The summed E-state index contributed by atoms with van der Waals surface area (Å²) in [4.78, 5) is 0. The molecule has 0 aliphatic carbocycles. The van der Waals surface area contributed by atoms with E-state index in [4.69, 9.17) is 4.74 Å². The highest BCUT2D eigenvalue weighted by Crippen LogP contribution is 2.17. The molecule has 1 rings (SSSR count). The fraction of sp³-hybridized carbons (Fsp3) is 1.00. The quantitative estimate of drug-likeness (QED) is 0.656. The zero-order valence-corrected chi connectivity index (χ0v) is 12.1. The third-order valence-corrected chi connectivity index (χ3v) is 4.74. The van der Waals surface area contributed by atoms with Gasteiger partial charge in [-0.3, -0.25) is 0 Å². The zero-order valence-electron chi connectivity index (χ0n) is 11.3. The van der Waals surface area contributed by atoms with Crippen LogP contribution in [0.4, 0.5) is 0 Å². The van der Waals surface area contributed by atoms with Crippen molar-refractivity contribution in [3.8, 4) is 0 Å². The summed E-state index contributed by atoms with van der Waals surface area (Å²) in [5.41, 5.74) is 0. The second-order valence-corrected chi connectivity index (χ2v) is 7.74. The molecule has 0 aromatic heterocycles. The lowest BCUT2D eigenvalue weighted by molar-refractivity contribution is 0.0259. The molecule has 1 aliphatic heterocycles. The third-order valence-electron chi connectivity index (χ3n) is 2.90. The van der Waals surface area contributed by atoms with Gasteiger partial charge in [-0.15, -0.1) is 0 Å². The van der Waals surface area contributed by atoms with Crippen molar-refractivity contribution in [3.63, 3.8) is 0 Å². The van der Waals surface area contributed by atoms with Crippen LogP contribution in [0.15, 0.2) is 0 Å². The summed E-state index contributed by atoms with van der Waals surface area (Å²) in [6, 6.07) is 0. The number of nitrogens with one attached hydrogen (secondary N) is 1. The van der Waals surface area contributed by atoms with Crippen molar-refractivity contribution in [3.05, 3.63) is 0 Å². The molecule has 0 aromatic carbocycles. The number of hydrogen-bond acceptors (Lipinski definition) is 5. The Kier molecular flexibility index (Phi) is 6.55. The summed E-state index contributed by atoms with van der Waals surface area (Å²) in [6.07, 6.45) is 0.205. The summed E-state index contributed by atoms with van der Waals surface area (Å²) in [5.74, 6) is 1.24. The van der Waals surface area contributed by atoms with Crippen molar-refractivity contribution < 1.29 is 18.3 Å². The van der Waals surface area contributed by atoms with Gasteiger partial charge in [-0.25, -0.2) is 8.42 Å². The number of sulfone groups is 1. The fourth-order valence-corrected chi connectivity index (χ4v) is 3.85. The predicted molar refractivity (Wildman–Crippen MR) is 71.3 cm³/mol. The second-order valence-electron chi connectivity index (χ2n) is 5.51. The van der Waals surface area contributed by atoms with Gasteiger partial charge < -0.3 is 15.2 Å². The summed E-state index contributed by atoms with van der Waals surface area (Å²) >= 11 is 0. The molecule has 2 atom stereocenters. The number of aliphatic hydroxyl groups is 1. The van der Waals surface area contributed by atoms with E-state index in [1.54, 1.807) is 0 Å². The smallest absolute Gasteiger partial charge is 0.150 e. The zero-order chi connectivity index (χ0) is 13.6. The highest BCUT2D eigenvalue weighted by Gasteiger charge is 2.27. The van der Waals surface area contributed by atoms with Crippen molar-refractivity contribution >= 4 is 9.84 Å². The van der Waals surface area contributed by atoms with Crippen LogP contribution in [0.25, 0.3) is 0 Å². The van der Waals surface area contributed by atoms with Gasteiger partial charge in [-0.1, -0.05) is 13.8 Å². The molecule has 2 unspecified atom stereocenters. The first-order valence-electron chi connectivity index (χ1n) is 6.56. The molecular formula is C12H25NO4S. The lowest BCUT2D eigenvalue weighted by Crippen LogP contribution is -2.34. The summed E-state index contributed by atoms with van der Waals surface area (Å²) in [7, 11) is -2.80. The van der Waals surface area contributed by atoms with Gasteiger partial charge in [0.05, 0.1) is 24.2 Å². The van der Waals surface area contributed by atoms with E-state index in [0.29, 0.717) is 38.0 Å². The minimum Gasteiger partial charge on any atom is -0.389 e. The molecular weight excluding hydrogens is 254 g/mol. The van der Waals surface area contributed by atoms with E-state index in [0.717, 1.165) is 6.42 Å². The molecule has 1 saturated heterocycles. The maximum atomic E-state index is 11.2. The Balaban J connectivity index is 2.04. The largest absolute Gasteiger partial charge is 0.389 e. The van der Waals surface area contributed by atoms with E-state index in [2.05, 4.69) is 19.2 Å². The van der Waals surface area contributed by atoms with Gasteiger partial charge in [0.15, 0.2) is 9.84 Å². The normalized spacial score (nSPS) is 24.6. The molecule has 0 spiro atoms. The topological polar surface area (TPSA) is 75.6 Å². The number of aliphatic hydroxyl groups excluding tert-OH is 1. The Morgan fingerprint density at radius 2 is 2.11 bits per heavy atom. The predicted octanol–water partition coefficient (Wildman–Crippen LogP) is 0.0442. The van der Waals surface area contributed by atoms with Crippen molar-refractivity contribution in [1.29, 1.82) is 0 Å². The first kappa shape index (κ1) is 15.9. The molecule has 0 saturated carbocycles. The standard InChI is InChI=1S/C12H25NO4S/c1-10(2)7-17-8-12(14)6-13-5-11-3-4-18(15,16)9-11/h10-14H,3-9H2,1-2H3. The first-order valence-corrected chi connectivity index (χ1v) is 8.38. The van der Waals surface area contributed by atoms with E-state index in [9.17, 15) is 13.5 Å². The van der Waals surface area contributed by atoms with E-state index >= 15 is 0 Å². The van der Waals surface area contributed by atoms with Gasteiger partial charge in [0.1, 0.15) is 0 Å². The number of rotatable bonds is 8. The lowest BCUT2D eigenvalue weighted by atomic mass is 10.1. The minimum atomic E-state index is -2.80. The molecule has 0 radical (unpaired) electrons. The van der Waals surface area contributed by atoms with Gasteiger partial charge in [0, 0.05) is 13.2 Å². The summed E-state index contributed by atoms with van der Waals surface area (Å²) in [6.45, 7) is 6.21. The van der Waals surface area contributed by atoms with Gasteiger partial charge in [-0.05, 0) is 24.8 Å². The molecule has 18 heavy (non-hydrogen) atoms. The maximum Gasteiger partial charge on any atom is 0.150 e. The minimum absolute atomic E-state index is 0.193. The van der Waals surface area contributed by atoms with E-state index < -0.39 is 15.9 Å². The first-order chi connectivity index (χ1) is 8.39. The Bertz CT molecular complexity index is 329. The summed E-state index contributed by atoms with van der Waals surface area (Å²) in [5, 5.41) is 12.7. The monoisotopic (exact) mass is 279 g/mol. The summed E-state index contributed by atoms with van der Waals surface area (Å²) < 4.78 is 27.8. The SMILES string of the molecule is CC(C)COCC(O)CNCC1CCS(=O)(=O)C1. The van der Waals surface area contributed by atoms with Crippen LogP contribution < -0.4 is 5.32 Å². The van der Waals surface area contributed by atoms with E-state index in [-0.39, 0.29) is 11.7 Å². The number of hydrogen-bond donors (Lipinski definition) is 2. The van der Waals surface area contributed by atoms with Crippen LogP contribution in [0, 0.1) is 11.8 Å². The van der Waals surface area contributed by atoms with Crippen LogP contribution in [0.5, 0.6) is 0 Å². The van der Waals surface area contributed by atoms with Gasteiger partial charge in [0.25, 0.3) is 0 Å². The molecule has 1 aliphatic rings. The van der Waals surface area contributed by atoms with Gasteiger partial charge in [0.2, 0.25) is 0 Å². The molecule has 6 heteroatoms. The van der Waals surface area contributed by atoms with Crippen LogP contribution in [0.2, 0.25) is 0 Å². The average molecular weight is 279 g/mol. The van der Waals surface area contributed by atoms with Crippen LogP contribution in [0.1, 0.15) is 20.3 Å². The molecule has 0 aromatic rings. The molecule has 1 fully saturated rings. The van der Waals surface area contributed by atoms with Crippen LogP contribution in [0.3, 0.4) is 0 Å². The molecule has 108 valence electrons. The van der Waals surface area contributed by atoms with Crippen molar-refractivity contribution in [2.45, 2.75) is 26.4 Å². The molecule has 1 heterocycles. The average Bonchev–Trinajstić information content (AvgIpc) is 2.57. The highest BCUT2D eigenvalue weighted by atomic mass is 32.2. The second kappa shape index (κ2) is 7.43. The molecule has 0 amide bonds. The Hall–Kier alpha value is -0.170.